The molecular formula is C25H25FN4O2. The second-order valence-electron chi connectivity index (χ2n) is 8.29. The van der Waals surface area contributed by atoms with Crippen LogP contribution >= 0.6 is 0 Å². The minimum absolute atomic E-state index is 0.159. The van der Waals surface area contributed by atoms with Crippen LogP contribution in [0.2, 0.25) is 0 Å². The van der Waals surface area contributed by atoms with Crippen molar-refractivity contribution in [2.45, 2.75) is 20.4 Å². The minimum atomic E-state index is -0.368. The van der Waals surface area contributed by atoms with Gasteiger partial charge in [0.2, 0.25) is 0 Å². The lowest BCUT2D eigenvalue weighted by atomic mass is 10.1. The van der Waals surface area contributed by atoms with Gasteiger partial charge in [-0.25, -0.2) is 9.37 Å². The number of rotatable bonds is 4. The number of pyridine rings is 1. The number of imidazole rings is 1. The molecule has 0 N–H and O–H groups in total. The summed E-state index contributed by atoms with van der Waals surface area (Å²) in [5.41, 5.74) is 4.73. The Morgan fingerprint density at radius 2 is 1.84 bits per heavy atom. The number of aryl methyl sites for hydroxylation is 2. The zero-order chi connectivity index (χ0) is 22.2. The Labute approximate surface area is 185 Å². The van der Waals surface area contributed by atoms with E-state index in [0.717, 1.165) is 31.0 Å². The first-order chi connectivity index (χ1) is 15.5. The zero-order valence-corrected chi connectivity index (χ0v) is 18.2. The fraction of sp³-hybridized carbons (Fsp3) is 0.280. The quantitative estimate of drug-likeness (QED) is 0.482. The molecule has 32 heavy (non-hydrogen) atoms. The van der Waals surface area contributed by atoms with E-state index in [2.05, 4.69) is 39.5 Å². The number of fused-ring (bicyclic) bond motifs is 1. The van der Waals surface area contributed by atoms with Gasteiger partial charge in [-0.05, 0) is 55.8 Å². The number of halogens is 1. The Hall–Kier alpha value is -3.45. The predicted molar refractivity (Wildman–Crippen MR) is 120 cm³/mol. The van der Waals surface area contributed by atoms with Crippen LogP contribution in [0.4, 0.5) is 4.39 Å². The van der Waals surface area contributed by atoms with Crippen LogP contribution in [0.3, 0.4) is 0 Å². The highest BCUT2D eigenvalue weighted by molar-refractivity contribution is 5.92. The maximum absolute atomic E-state index is 14.0. The third kappa shape index (κ3) is 3.80. The van der Waals surface area contributed by atoms with Crippen LogP contribution in [0, 0.1) is 19.7 Å². The maximum atomic E-state index is 14.0. The SMILES string of the molecule is Cc1ccn2c(CN3CCN(C(=O)c4ccc(-c5ccccc5F)o4)CC3)c(C)nc2c1. The molecule has 1 aliphatic heterocycles. The normalized spacial score (nSPS) is 14.9. The summed E-state index contributed by atoms with van der Waals surface area (Å²) in [6.07, 6.45) is 2.07. The van der Waals surface area contributed by atoms with Crippen molar-refractivity contribution in [3.8, 4) is 11.3 Å². The molecule has 164 valence electrons. The number of aromatic nitrogens is 2. The first-order valence-corrected chi connectivity index (χ1v) is 10.8. The summed E-state index contributed by atoms with van der Waals surface area (Å²) < 4.78 is 21.9. The van der Waals surface area contributed by atoms with Gasteiger partial charge < -0.3 is 13.7 Å². The molecule has 1 saturated heterocycles. The van der Waals surface area contributed by atoms with Gasteiger partial charge in [0, 0.05) is 38.9 Å². The maximum Gasteiger partial charge on any atom is 0.289 e. The van der Waals surface area contributed by atoms with E-state index in [9.17, 15) is 9.18 Å². The Morgan fingerprint density at radius 1 is 1.06 bits per heavy atom. The average Bonchev–Trinajstić information content (AvgIpc) is 3.39. The van der Waals surface area contributed by atoms with Gasteiger partial charge >= 0.3 is 0 Å². The minimum Gasteiger partial charge on any atom is -0.451 e. The van der Waals surface area contributed by atoms with Crippen LogP contribution in [0.5, 0.6) is 0 Å². The van der Waals surface area contributed by atoms with Gasteiger partial charge in [0.15, 0.2) is 5.76 Å². The van der Waals surface area contributed by atoms with Gasteiger partial charge in [0.1, 0.15) is 17.2 Å². The fourth-order valence-electron chi connectivity index (χ4n) is 4.24. The van der Waals surface area contributed by atoms with E-state index >= 15 is 0 Å². The molecule has 1 aliphatic rings. The van der Waals surface area contributed by atoms with Gasteiger partial charge in [0.25, 0.3) is 5.91 Å². The zero-order valence-electron chi connectivity index (χ0n) is 18.2. The van der Waals surface area contributed by atoms with E-state index in [1.54, 1.807) is 35.2 Å². The number of carbonyl (C=O) groups excluding carboxylic acids is 1. The number of hydrogen-bond donors (Lipinski definition) is 0. The molecule has 0 radical (unpaired) electrons. The molecule has 4 aromatic rings. The molecule has 0 unspecified atom stereocenters. The largest absolute Gasteiger partial charge is 0.451 e. The molecule has 0 saturated carbocycles. The number of amides is 1. The van der Waals surface area contributed by atoms with E-state index < -0.39 is 0 Å². The molecule has 0 bridgehead atoms. The van der Waals surface area contributed by atoms with Crippen LogP contribution in [0.25, 0.3) is 17.0 Å². The first kappa shape index (κ1) is 20.5. The predicted octanol–water partition coefficient (Wildman–Crippen LogP) is 4.31. The number of hydrogen-bond acceptors (Lipinski definition) is 4. The van der Waals surface area contributed by atoms with Crippen LogP contribution in [-0.2, 0) is 6.54 Å². The van der Waals surface area contributed by atoms with Crippen molar-refractivity contribution >= 4 is 11.6 Å². The Kier molecular flexibility index (Phi) is 5.27. The lowest BCUT2D eigenvalue weighted by molar-refractivity contribution is 0.0596. The van der Waals surface area contributed by atoms with Crippen LogP contribution in [0.15, 0.2) is 59.1 Å². The van der Waals surface area contributed by atoms with Crippen molar-refractivity contribution in [3.05, 3.63) is 83.3 Å². The van der Waals surface area contributed by atoms with Crippen molar-refractivity contribution < 1.29 is 13.6 Å². The molecule has 6 nitrogen and oxygen atoms in total. The molecule has 0 aliphatic carbocycles. The number of piperazine rings is 1. The summed E-state index contributed by atoms with van der Waals surface area (Å²) in [5.74, 6) is 0.0779. The second kappa shape index (κ2) is 8.24. The molecule has 3 aromatic heterocycles. The summed E-state index contributed by atoms with van der Waals surface area (Å²) in [7, 11) is 0. The van der Waals surface area contributed by atoms with Gasteiger partial charge in [-0.1, -0.05) is 12.1 Å². The number of nitrogens with zero attached hydrogens (tertiary/aromatic N) is 4. The third-order valence-electron chi connectivity index (χ3n) is 6.07. The Morgan fingerprint density at radius 3 is 2.62 bits per heavy atom. The van der Waals surface area contributed by atoms with Crippen LogP contribution in [0.1, 0.15) is 27.5 Å². The molecule has 4 heterocycles. The molecule has 0 atom stereocenters. The summed E-state index contributed by atoms with van der Waals surface area (Å²) in [6.45, 7) is 7.67. The number of benzene rings is 1. The monoisotopic (exact) mass is 432 g/mol. The highest BCUT2D eigenvalue weighted by Gasteiger charge is 2.25. The lowest BCUT2D eigenvalue weighted by Crippen LogP contribution is -2.48. The van der Waals surface area contributed by atoms with Crippen molar-refractivity contribution in [1.29, 1.82) is 0 Å². The van der Waals surface area contributed by atoms with E-state index in [1.807, 2.05) is 6.92 Å². The van der Waals surface area contributed by atoms with Crippen molar-refractivity contribution in [3.63, 3.8) is 0 Å². The standard InChI is InChI=1S/C25H25FN4O2/c1-17-9-10-30-21(18(2)27-24(30)15-17)16-28-11-13-29(14-12-28)25(31)23-8-7-22(32-23)19-5-3-4-6-20(19)26/h3-10,15H,11-14,16H2,1-2H3. The van der Waals surface area contributed by atoms with Gasteiger partial charge in [-0.2, -0.15) is 0 Å². The van der Waals surface area contributed by atoms with Crippen LogP contribution in [-0.4, -0.2) is 51.3 Å². The average molecular weight is 432 g/mol. The van der Waals surface area contributed by atoms with Gasteiger partial charge in [-0.15, -0.1) is 0 Å². The molecule has 1 amide bonds. The smallest absolute Gasteiger partial charge is 0.289 e. The van der Waals surface area contributed by atoms with Gasteiger partial charge in [-0.3, -0.25) is 9.69 Å². The third-order valence-corrected chi connectivity index (χ3v) is 6.07. The van der Waals surface area contributed by atoms with Crippen molar-refractivity contribution in [2.24, 2.45) is 0 Å². The van der Waals surface area contributed by atoms with E-state index in [-0.39, 0.29) is 17.5 Å². The molecule has 7 heteroatoms. The Bertz CT molecular complexity index is 1280. The number of carbonyl (C=O) groups is 1. The van der Waals surface area contributed by atoms with Crippen LogP contribution < -0.4 is 0 Å². The number of furan rings is 1. The molecular weight excluding hydrogens is 407 g/mol. The van der Waals surface area contributed by atoms with E-state index in [0.29, 0.717) is 24.4 Å². The fourth-order valence-corrected chi connectivity index (χ4v) is 4.24. The molecule has 0 spiro atoms. The lowest BCUT2D eigenvalue weighted by Gasteiger charge is -2.34. The van der Waals surface area contributed by atoms with E-state index in [1.165, 1.54) is 17.3 Å². The Balaban J connectivity index is 1.24. The summed E-state index contributed by atoms with van der Waals surface area (Å²) in [5, 5.41) is 0. The summed E-state index contributed by atoms with van der Waals surface area (Å²) in [4.78, 5) is 21.7. The highest BCUT2D eigenvalue weighted by Crippen LogP contribution is 2.26. The summed E-state index contributed by atoms with van der Waals surface area (Å²) >= 11 is 0. The van der Waals surface area contributed by atoms with Gasteiger partial charge in [0.05, 0.1) is 17.0 Å². The highest BCUT2D eigenvalue weighted by atomic mass is 19.1. The molecule has 1 fully saturated rings. The van der Waals surface area contributed by atoms with E-state index in [4.69, 9.17) is 4.42 Å². The topological polar surface area (TPSA) is 54.0 Å². The molecule has 1 aromatic carbocycles. The van der Waals surface area contributed by atoms with Crippen molar-refractivity contribution in [1.82, 2.24) is 19.2 Å². The second-order valence-corrected chi connectivity index (χ2v) is 8.29. The van der Waals surface area contributed by atoms with Crippen molar-refractivity contribution in [2.75, 3.05) is 26.2 Å². The summed E-state index contributed by atoms with van der Waals surface area (Å²) in [6, 6.07) is 13.9. The molecule has 5 rings (SSSR count). The first-order valence-electron chi connectivity index (χ1n) is 10.8.